The van der Waals surface area contributed by atoms with Crippen molar-refractivity contribution in [3.63, 3.8) is 0 Å². The predicted molar refractivity (Wildman–Crippen MR) is 156 cm³/mol. The highest BCUT2D eigenvalue weighted by molar-refractivity contribution is 6.74. The quantitative estimate of drug-likeness (QED) is 0.208. The van der Waals surface area contributed by atoms with Gasteiger partial charge in [-0.25, -0.2) is 0 Å². The Kier molecular flexibility index (Phi) is 8.58. The zero-order chi connectivity index (χ0) is 26.4. The van der Waals surface area contributed by atoms with Crippen LogP contribution < -0.4 is 0 Å². The van der Waals surface area contributed by atoms with Crippen molar-refractivity contribution in [2.45, 2.75) is 149 Å². The van der Waals surface area contributed by atoms with Gasteiger partial charge in [-0.1, -0.05) is 67.0 Å². The predicted octanol–water partition coefficient (Wildman–Crippen LogP) is 8.91. The van der Waals surface area contributed by atoms with Crippen LogP contribution in [0.2, 0.25) is 36.3 Å². The van der Waals surface area contributed by atoms with Gasteiger partial charge >= 0.3 is 0 Å². The van der Waals surface area contributed by atoms with E-state index in [1.54, 1.807) is 5.57 Å². The SMILES string of the molecule is CC[Si](CC)(CC)O[C@@H]1CC2=CC[C@@H]3[C@H](CC[C@]4(C)C(=O)CC[C@@H]34)[C@@]2(C)[C@@H](O[Si](CC)(CC)CC)C1. The van der Waals surface area contributed by atoms with E-state index in [2.05, 4.69) is 61.5 Å². The van der Waals surface area contributed by atoms with Gasteiger partial charge in [-0.15, -0.1) is 0 Å². The third-order valence-electron chi connectivity index (χ3n) is 12.5. The Morgan fingerprint density at radius 2 is 1.44 bits per heavy atom. The van der Waals surface area contributed by atoms with Crippen molar-refractivity contribution in [2.75, 3.05) is 0 Å². The van der Waals surface area contributed by atoms with Crippen molar-refractivity contribution >= 4 is 22.4 Å². The van der Waals surface area contributed by atoms with Crippen molar-refractivity contribution in [3.8, 4) is 0 Å². The number of ketones is 1. The summed E-state index contributed by atoms with van der Waals surface area (Å²) in [4.78, 5) is 12.9. The van der Waals surface area contributed by atoms with Gasteiger partial charge in [0.25, 0.3) is 0 Å². The molecular formula is C31H56O3Si2. The first-order valence-corrected chi connectivity index (χ1v) is 20.7. The van der Waals surface area contributed by atoms with E-state index < -0.39 is 16.6 Å². The number of fused-ring (bicyclic) bond motifs is 5. The Morgan fingerprint density at radius 1 is 0.861 bits per heavy atom. The molecule has 0 aromatic carbocycles. The Labute approximate surface area is 224 Å². The molecule has 0 heterocycles. The molecule has 5 heteroatoms. The average molecular weight is 533 g/mol. The molecule has 4 aliphatic carbocycles. The Balaban J connectivity index is 1.71. The molecule has 0 aromatic heterocycles. The number of rotatable bonds is 10. The van der Waals surface area contributed by atoms with Gasteiger partial charge in [0.15, 0.2) is 16.6 Å². The van der Waals surface area contributed by atoms with Crippen LogP contribution >= 0.6 is 0 Å². The number of carbonyl (C=O) groups excluding carboxylic acids is 1. The largest absolute Gasteiger partial charge is 0.414 e. The Morgan fingerprint density at radius 3 is 2.03 bits per heavy atom. The molecular weight excluding hydrogens is 477 g/mol. The lowest BCUT2D eigenvalue weighted by Crippen LogP contribution is -2.59. The first-order chi connectivity index (χ1) is 17.1. The lowest BCUT2D eigenvalue weighted by Gasteiger charge is -2.60. The van der Waals surface area contributed by atoms with Crippen LogP contribution in [0, 0.1) is 28.6 Å². The van der Waals surface area contributed by atoms with Gasteiger partial charge in [0.05, 0.1) is 12.2 Å². The van der Waals surface area contributed by atoms with E-state index in [1.807, 2.05) is 0 Å². The monoisotopic (exact) mass is 532 g/mol. The molecule has 4 rings (SSSR count). The molecule has 0 spiro atoms. The van der Waals surface area contributed by atoms with E-state index in [4.69, 9.17) is 8.85 Å². The third kappa shape index (κ3) is 4.50. The normalized spacial score (nSPS) is 38.8. The van der Waals surface area contributed by atoms with Crippen LogP contribution in [0.4, 0.5) is 0 Å². The summed E-state index contributed by atoms with van der Waals surface area (Å²) in [5.41, 5.74) is 1.68. The van der Waals surface area contributed by atoms with E-state index in [0.717, 1.165) is 32.1 Å². The van der Waals surface area contributed by atoms with E-state index in [1.165, 1.54) is 49.1 Å². The molecule has 7 atom stereocenters. The van der Waals surface area contributed by atoms with Crippen LogP contribution in [0.25, 0.3) is 0 Å². The zero-order valence-electron chi connectivity index (χ0n) is 24.9. The molecule has 0 radical (unpaired) electrons. The minimum atomic E-state index is -1.78. The Hall–Kier alpha value is -0.236. The minimum Gasteiger partial charge on any atom is -0.414 e. The topological polar surface area (TPSA) is 35.5 Å². The summed E-state index contributed by atoms with van der Waals surface area (Å²) < 4.78 is 14.7. The van der Waals surface area contributed by atoms with Gasteiger partial charge < -0.3 is 8.85 Å². The van der Waals surface area contributed by atoms with Crippen LogP contribution in [0.3, 0.4) is 0 Å². The van der Waals surface area contributed by atoms with Gasteiger partial charge in [-0.05, 0) is 92.5 Å². The first-order valence-electron chi connectivity index (χ1n) is 15.7. The minimum absolute atomic E-state index is 0.0666. The maximum atomic E-state index is 12.9. The molecule has 0 bridgehead atoms. The molecule has 3 saturated carbocycles. The van der Waals surface area contributed by atoms with Gasteiger partial charge in [-0.3, -0.25) is 4.79 Å². The molecule has 0 amide bonds. The summed E-state index contributed by atoms with van der Waals surface area (Å²) in [7, 11) is -3.45. The molecule has 3 nitrogen and oxygen atoms in total. The van der Waals surface area contributed by atoms with Crippen molar-refractivity contribution in [1.29, 1.82) is 0 Å². The van der Waals surface area contributed by atoms with Crippen molar-refractivity contribution in [3.05, 3.63) is 11.6 Å². The second-order valence-electron chi connectivity index (χ2n) is 13.3. The fourth-order valence-corrected chi connectivity index (χ4v) is 15.2. The van der Waals surface area contributed by atoms with Crippen LogP contribution in [-0.4, -0.2) is 34.6 Å². The number of hydrogen-bond donors (Lipinski definition) is 0. The Bertz CT molecular complexity index is 815. The van der Waals surface area contributed by atoms with E-state index in [-0.39, 0.29) is 16.9 Å². The van der Waals surface area contributed by atoms with Gasteiger partial charge in [0, 0.05) is 17.3 Å². The first kappa shape index (κ1) is 28.8. The maximum absolute atomic E-state index is 12.9. The molecule has 0 saturated heterocycles. The summed E-state index contributed by atoms with van der Waals surface area (Å²) >= 11 is 0. The standard InChI is InChI=1S/C31H56O3Si2/c1-9-35(10-2,11-3)33-24-21-23-15-16-25-26-17-18-28(32)30(26,7)20-19-27(25)31(23,8)29(22-24)34-36(12-4,13-5)14-6/h15,24-27,29H,9-14,16-22H2,1-8H3/t24-,25+,26+,27+,29+,30+,31+/m1/s1. The summed E-state index contributed by atoms with van der Waals surface area (Å²) in [5.74, 6) is 2.41. The van der Waals surface area contributed by atoms with E-state index in [0.29, 0.717) is 29.6 Å². The van der Waals surface area contributed by atoms with E-state index >= 15 is 0 Å². The highest BCUT2D eigenvalue weighted by Gasteiger charge is 2.61. The van der Waals surface area contributed by atoms with Gasteiger partial charge in [-0.2, -0.15) is 0 Å². The van der Waals surface area contributed by atoms with Crippen molar-refractivity contribution in [1.82, 2.24) is 0 Å². The van der Waals surface area contributed by atoms with Crippen LogP contribution in [0.5, 0.6) is 0 Å². The van der Waals surface area contributed by atoms with Gasteiger partial charge in [0.1, 0.15) is 5.78 Å². The number of carbonyl (C=O) groups is 1. The maximum Gasteiger partial charge on any atom is 0.192 e. The summed E-state index contributed by atoms with van der Waals surface area (Å²) in [5, 5.41) is 0. The molecule has 206 valence electrons. The zero-order valence-corrected chi connectivity index (χ0v) is 26.9. The molecule has 3 fully saturated rings. The van der Waals surface area contributed by atoms with Crippen LogP contribution in [0.15, 0.2) is 11.6 Å². The second kappa shape index (κ2) is 10.7. The van der Waals surface area contributed by atoms with E-state index in [9.17, 15) is 4.79 Å². The molecule has 0 aromatic rings. The molecule has 36 heavy (non-hydrogen) atoms. The van der Waals surface area contributed by atoms with Crippen molar-refractivity contribution < 1.29 is 13.6 Å². The number of allylic oxidation sites excluding steroid dienone is 1. The molecule has 0 N–H and O–H groups in total. The molecule has 0 unspecified atom stereocenters. The average Bonchev–Trinajstić information content (AvgIpc) is 3.20. The van der Waals surface area contributed by atoms with Crippen LogP contribution in [0.1, 0.15) is 100 Å². The van der Waals surface area contributed by atoms with Gasteiger partial charge in [0.2, 0.25) is 0 Å². The lowest BCUT2D eigenvalue weighted by atomic mass is 9.47. The summed E-state index contributed by atoms with van der Waals surface area (Å²) in [6.07, 6.45) is 10.7. The highest BCUT2D eigenvalue weighted by Crippen LogP contribution is 2.65. The number of hydrogen-bond acceptors (Lipinski definition) is 3. The fraction of sp³-hybridized carbons (Fsp3) is 0.903. The summed E-state index contributed by atoms with van der Waals surface area (Å²) in [6, 6.07) is 7.27. The smallest absolute Gasteiger partial charge is 0.192 e. The second-order valence-corrected chi connectivity index (χ2v) is 22.8. The molecule has 0 aliphatic heterocycles. The lowest BCUT2D eigenvalue weighted by molar-refractivity contribution is -0.134. The number of Topliss-reactive ketones (excluding diaryl/α,β-unsaturated/α-hetero) is 1. The third-order valence-corrected chi connectivity index (χ3v) is 21.9. The van der Waals surface area contributed by atoms with Crippen LogP contribution in [-0.2, 0) is 13.6 Å². The molecule has 4 aliphatic rings. The fourth-order valence-electron chi connectivity index (χ4n) is 9.34. The highest BCUT2D eigenvalue weighted by atomic mass is 28.4. The summed E-state index contributed by atoms with van der Waals surface area (Å²) in [6.45, 7) is 19.1. The van der Waals surface area contributed by atoms with Crippen molar-refractivity contribution in [2.24, 2.45) is 28.6 Å².